The summed E-state index contributed by atoms with van der Waals surface area (Å²) in [6.07, 6.45) is 5.40. The second-order valence-corrected chi connectivity index (χ2v) is 6.16. The van der Waals surface area contributed by atoms with E-state index in [2.05, 4.69) is 25.7 Å². The lowest BCUT2D eigenvalue weighted by Gasteiger charge is -2.36. The Morgan fingerprint density at radius 3 is 3.09 bits per heavy atom. The highest BCUT2D eigenvalue weighted by Gasteiger charge is 2.32. The maximum Gasteiger partial charge on any atom is 0.191 e. The van der Waals surface area contributed by atoms with Crippen LogP contribution in [0.25, 0.3) is 0 Å². The van der Waals surface area contributed by atoms with Crippen LogP contribution < -0.4 is 10.6 Å². The molecule has 3 heterocycles. The first-order chi connectivity index (χ1) is 11.2. The van der Waals surface area contributed by atoms with Crippen molar-refractivity contribution in [1.82, 2.24) is 25.4 Å². The molecule has 128 valence electrons. The normalized spacial score (nSPS) is 24.1. The lowest BCUT2D eigenvalue weighted by atomic mass is 9.94. The minimum Gasteiger partial charge on any atom is -0.381 e. The number of methoxy groups -OCH3 is 1. The Labute approximate surface area is 136 Å². The average Bonchev–Trinajstić information content (AvgIpc) is 3.07. The zero-order valence-corrected chi connectivity index (χ0v) is 13.9. The molecule has 23 heavy (non-hydrogen) atoms. The summed E-state index contributed by atoms with van der Waals surface area (Å²) in [7, 11) is 3.57. The minimum absolute atomic E-state index is 0.165. The summed E-state index contributed by atoms with van der Waals surface area (Å²) in [6, 6.07) is 0.309. The van der Waals surface area contributed by atoms with Gasteiger partial charge in [-0.25, -0.2) is 9.67 Å². The van der Waals surface area contributed by atoms with Crippen molar-refractivity contribution in [1.29, 1.82) is 0 Å². The van der Waals surface area contributed by atoms with Gasteiger partial charge in [-0.2, -0.15) is 5.10 Å². The minimum atomic E-state index is -0.165. The van der Waals surface area contributed by atoms with E-state index in [9.17, 15) is 0 Å². The molecule has 2 aliphatic heterocycles. The number of nitrogens with one attached hydrogen (secondary N) is 2. The highest BCUT2D eigenvalue weighted by molar-refractivity contribution is 5.80. The van der Waals surface area contributed by atoms with Crippen LogP contribution >= 0.6 is 0 Å². The van der Waals surface area contributed by atoms with E-state index in [4.69, 9.17) is 9.47 Å². The van der Waals surface area contributed by atoms with Gasteiger partial charge in [-0.3, -0.25) is 4.99 Å². The van der Waals surface area contributed by atoms with E-state index in [1.165, 1.54) is 0 Å². The number of hydrogen-bond acceptors (Lipinski definition) is 5. The molecule has 0 spiro atoms. The van der Waals surface area contributed by atoms with E-state index in [1.54, 1.807) is 20.5 Å². The molecule has 1 atom stereocenters. The summed E-state index contributed by atoms with van der Waals surface area (Å²) >= 11 is 0. The number of aromatic nitrogens is 3. The number of rotatable bonds is 4. The van der Waals surface area contributed by atoms with E-state index < -0.39 is 0 Å². The summed E-state index contributed by atoms with van der Waals surface area (Å²) in [6.45, 7) is 3.05. The number of aliphatic imine (C=N–C) groups is 1. The van der Waals surface area contributed by atoms with Gasteiger partial charge in [0, 0.05) is 59.2 Å². The highest BCUT2D eigenvalue weighted by Crippen LogP contribution is 2.23. The first kappa shape index (κ1) is 16.2. The topological polar surface area (TPSA) is 85.6 Å². The van der Waals surface area contributed by atoms with Gasteiger partial charge in [0.15, 0.2) is 5.96 Å². The van der Waals surface area contributed by atoms with E-state index in [-0.39, 0.29) is 5.60 Å². The van der Waals surface area contributed by atoms with Gasteiger partial charge >= 0.3 is 0 Å². The van der Waals surface area contributed by atoms with Gasteiger partial charge in [0.25, 0.3) is 0 Å². The van der Waals surface area contributed by atoms with Crippen LogP contribution in [0.2, 0.25) is 0 Å². The lowest BCUT2D eigenvalue weighted by molar-refractivity contribution is -0.0855. The van der Waals surface area contributed by atoms with Crippen LogP contribution in [0.1, 0.15) is 25.1 Å². The Hall–Kier alpha value is -1.67. The molecule has 3 rings (SSSR count). The summed E-state index contributed by atoms with van der Waals surface area (Å²) < 4.78 is 13.2. The summed E-state index contributed by atoms with van der Waals surface area (Å²) in [4.78, 5) is 8.60. The monoisotopic (exact) mass is 322 g/mol. The second-order valence-electron chi connectivity index (χ2n) is 6.16. The van der Waals surface area contributed by atoms with Crippen LogP contribution in [0.5, 0.6) is 0 Å². The molecule has 8 nitrogen and oxygen atoms in total. The van der Waals surface area contributed by atoms with E-state index in [1.807, 2.05) is 4.68 Å². The molecule has 2 N–H and O–H groups in total. The van der Waals surface area contributed by atoms with Gasteiger partial charge in [0.05, 0.1) is 12.1 Å². The molecule has 1 unspecified atom stereocenters. The van der Waals surface area contributed by atoms with Gasteiger partial charge in [0.2, 0.25) is 0 Å². The SMILES string of the molecule is CN=C(NCC1(OC)CCOCC1)NC1CCc2ncnn2C1. The fraction of sp³-hybridized carbons (Fsp3) is 0.800. The van der Waals surface area contributed by atoms with Gasteiger partial charge in [-0.1, -0.05) is 0 Å². The van der Waals surface area contributed by atoms with Crippen LogP contribution in [0.3, 0.4) is 0 Å². The summed E-state index contributed by atoms with van der Waals surface area (Å²) in [5.74, 6) is 1.87. The molecule has 1 aromatic heterocycles. The quantitative estimate of drug-likeness (QED) is 0.597. The van der Waals surface area contributed by atoms with Crippen LogP contribution in [0, 0.1) is 0 Å². The van der Waals surface area contributed by atoms with E-state index in [0.29, 0.717) is 6.04 Å². The lowest BCUT2D eigenvalue weighted by Crippen LogP contribution is -2.53. The Bertz CT molecular complexity index is 538. The predicted molar refractivity (Wildman–Crippen MR) is 86.4 cm³/mol. The number of fused-ring (bicyclic) bond motifs is 1. The highest BCUT2D eigenvalue weighted by atomic mass is 16.5. The fourth-order valence-corrected chi connectivity index (χ4v) is 3.18. The van der Waals surface area contributed by atoms with Crippen molar-refractivity contribution >= 4 is 5.96 Å². The fourth-order valence-electron chi connectivity index (χ4n) is 3.18. The standard InChI is InChI=1S/C15H26N6O2/c1-16-14(17-10-15(22-2)5-7-23-8-6-15)20-12-3-4-13-18-11-19-21(13)9-12/h11-12H,3-10H2,1-2H3,(H2,16,17,20). The Kier molecular flexibility index (Phi) is 5.12. The zero-order chi connectivity index (χ0) is 16.1. The molecule has 0 aromatic carbocycles. The van der Waals surface area contributed by atoms with Crippen molar-refractivity contribution in [3.63, 3.8) is 0 Å². The molecule has 8 heteroatoms. The maximum absolute atomic E-state index is 5.75. The molecule has 0 aliphatic carbocycles. The number of nitrogens with zero attached hydrogens (tertiary/aromatic N) is 4. The Morgan fingerprint density at radius 2 is 2.35 bits per heavy atom. The van der Waals surface area contributed by atoms with Crippen molar-refractivity contribution in [2.24, 2.45) is 4.99 Å². The largest absolute Gasteiger partial charge is 0.381 e. The molecule has 1 aromatic rings. The van der Waals surface area contributed by atoms with Crippen molar-refractivity contribution in [3.05, 3.63) is 12.2 Å². The van der Waals surface area contributed by atoms with Gasteiger partial charge < -0.3 is 20.1 Å². The number of aryl methyl sites for hydroxylation is 1. The molecular formula is C15H26N6O2. The molecular weight excluding hydrogens is 296 g/mol. The third-order valence-electron chi connectivity index (χ3n) is 4.78. The van der Waals surface area contributed by atoms with E-state index >= 15 is 0 Å². The number of guanidine groups is 1. The van der Waals surface area contributed by atoms with Gasteiger partial charge in [0.1, 0.15) is 12.2 Å². The predicted octanol–water partition coefficient (Wildman–Crippen LogP) is -0.0465. The third-order valence-corrected chi connectivity index (χ3v) is 4.78. The van der Waals surface area contributed by atoms with Crippen molar-refractivity contribution in [3.8, 4) is 0 Å². The molecule has 1 saturated heterocycles. The first-order valence-electron chi connectivity index (χ1n) is 8.21. The van der Waals surface area contributed by atoms with Crippen molar-refractivity contribution < 1.29 is 9.47 Å². The maximum atomic E-state index is 5.75. The van der Waals surface area contributed by atoms with Crippen LogP contribution in [0.15, 0.2) is 11.3 Å². The molecule has 0 bridgehead atoms. The zero-order valence-electron chi connectivity index (χ0n) is 13.9. The van der Waals surface area contributed by atoms with Crippen LogP contribution in [0.4, 0.5) is 0 Å². The van der Waals surface area contributed by atoms with Crippen molar-refractivity contribution in [2.45, 2.75) is 43.9 Å². The number of hydrogen-bond donors (Lipinski definition) is 2. The summed E-state index contributed by atoms with van der Waals surface area (Å²) in [5.41, 5.74) is -0.165. The van der Waals surface area contributed by atoms with Gasteiger partial charge in [-0.05, 0) is 6.42 Å². The average molecular weight is 322 g/mol. The first-order valence-corrected chi connectivity index (χ1v) is 8.21. The van der Waals surface area contributed by atoms with Gasteiger partial charge in [-0.15, -0.1) is 0 Å². The van der Waals surface area contributed by atoms with Crippen LogP contribution in [-0.2, 0) is 22.4 Å². The van der Waals surface area contributed by atoms with Crippen LogP contribution in [-0.4, -0.2) is 66.3 Å². The Morgan fingerprint density at radius 1 is 1.52 bits per heavy atom. The second kappa shape index (κ2) is 7.27. The van der Waals surface area contributed by atoms with E-state index in [0.717, 1.165) is 63.8 Å². The molecule has 0 radical (unpaired) electrons. The summed E-state index contributed by atoms with van der Waals surface area (Å²) in [5, 5.41) is 11.1. The molecule has 0 saturated carbocycles. The number of ether oxygens (including phenoxy) is 2. The molecule has 0 amide bonds. The smallest absolute Gasteiger partial charge is 0.191 e. The third kappa shape index (κ3) is 3.81. The molecule has 2 aliphatic rings. The Balaban J connectivity index is 1.52. The molecule has 1 fully saturated rings. The van der Waals surface area contributed by atoms with Crippen molar-refractivity contribution in [2.75, 3.05) is 33.9 Å².